The number of carbonyl (C=O) groups is 3. The van der Waals surface area contributed by atoms with Crippen LogP contribution >= 0.6 is 0 Å². The zero-order valence-corrected chi connectivity index (χ0v) is 25.3. The first-order valence-electron chi connectivity index (χ1n) is 15.2. The molecule has 1 aliphatic rings. The van der Waals surface area contributed by atoms with E-state index in [-0.39, 0.29) is 18.9 Å². The number of fused-ring (bicyclic) bond motifs is 3. The van der Waals surface area contributed by atoms with Crippen LogP contribution in [0.4, 0.5) is 5.69 Å². The van der Waals surface area contributed by atoms with Gasteiger partial charge < -0.3 is 19.8 Å². The van der Waals surface area contributed by atoms with E-state index in [2.05, 4.69) is 15.6 Å². The van der Waals surface area contributed by atoms with E-state index < -0.39 is 47.3 Å². The minimum absolute atomic E-state index is 0.0177. The fourth-order valence-electron chi connectivity index (χ4n) is 5.71. The summed E-state index contributed by atoms with van der Waals surface area (Å²) in [6.45, 7) is -0.0163. The number of nitrogens with one attached hydrogen (secondary N) is 3. The second-order valence-corrected chi connectivity index (χ2v) is 11.3. The molecule has 5 aromatic rings. The summed E-state index contributed by atoms with van der Waals surface area (Å²) in [5, 5.41) is 18.3. The molecule has 1 aromatic heterocycles. The molecule has 238 valence electrons. The SMILES string of the molecule is O=C(C[C@H](NC(=O)[C@@H]1Cc2c([nH]c3ccccc23)[C@H](c2ccc([N+](=O)[O-])cc2)N1)C(=O)OCc1ccccc1)OCc1ccccc1. The van der Waals surface area contributed by atoms with Gasteiger partial charge in [0, 0.05) is 28.7 Å². The van der Waals surface area contributed by atoms with Gasteiger partial charge >= 0.3 is 11.9 Å². The minimum Gasteiger partial charge on any atom is -0.461 e. The average molecular weight is 633 g/mol. The second-order valence-electron chi connectivity index (χ2n) is 11.3. The second kappa shape index (κ2) is 14.1. The number of nitrogens with zero attached hydrogens (tertiary/aromatic N) is 1. The lowest BCUT2D eigenvalue weighted by atomic mass is 9.89. The zero-order chi connectivity index (χ0) is 32.8. The van der Waals surface area contributed by atoms with Crippen molar-refractivity contribution in [2.45, 2.75) is 44.2 Å². The number of hydrogen-bond donors (Lipinski definition) is 3. The van der Waals surface area contributed by atoms with Gasteiger partial charge in [0.2, 0.25) is 5.91 Å². The monoisotopic (exact) mass is 632 g/mol. The maximum absolute atomic E-state index is 13.9. The van der Waals surface area contributed by atoms with Gasteiger partial charge in [0.05, 0.1) is 23.4 Å². The summed E-state index contributed by atoms with van der Waals surface area (Å²) >= 11 is 0. The topological polar surface area (TPSA) is 153 Å². The third kappa shape index (κ3) is 7.37. The quantitative estimate of drug-likeness (QED) is 0.104. The average Bonchev–Trinajstić information content (AvgIpc) is 3.48. The molecule has 3 N–H and O–H groups in total. The van der Waals surface area contributed by atoms with Crippen LogP contribution in [0.25, 0.3) is 10.9 Å². The van der Waals surface area contributed by atoms with Crippen molar-refractivity contribution in [2.75, 3.05) is 0 Å². The molecule has 4 aromatic carbocycles. The van der Waals surface area contributed by atoms with Crippen molar-refractivity contribution in [1.29, 1.82) is 0 Å². The van der Waals surface area contributed by atoms with Crippen LogP contribution in [0.2, 0.25) is 0 Å². The number of aromatic amines is 1. The molecule has 3 atom stereocenters. The first-order valence-corrected chi connectivity index (χ1v) is 15.2. The molecule has 11 heteroatoms. The first-order chi connectivity index (χ1) is 22.9. The maximum Gasteiger partial charge on any atom is 0.329 e. The summed E-state index contributed by atoms with van der Waals surface area (Å²) in [7, 11) is 0. The lowest BCUT2D eigenvalue weighted by Gasteiger charge is -2.32. The van der Waals surface area contributed by atoms with Gasteiger partial charge in [-0.15, -0.1) is 0 Å². The third-order valence-corrected chi connectivity index (χ3v) is 8.10. The van der Waals surface area contributed by atoms with Gasteiger partial charge in [-0.3, -0.25) is 25.0 Å². The molecular weight excluding hydrogens is 600 g/mol. The van der Waals surface area contributed by atoms with E-state index in [0.29, 0.717) is 12.0 Å². The molecule has 0 fully saturated rings. The van der Waals surface area contributed by atoms with Crippen LogP contribution in [0.1, 0.15) is 40.4 Å². The first kappa shape index (κ1) is 31.2. The van der Waals surface area contributed by atoms with Crippen LogP contribution in [0.5, 0.6) is 0 Å². The highest BCUT2D eigenvalue weighted by Gasteiger charge is 2.36. The molecule has 1 aliphatic heterocycles. The van der Waals surface area contributed by atoms with Crippen molar-refractivity contribution in [3.8, 4) is 0 Å². The van der Waals surface area contributed by atoms with Crippen molar-refractivity contribution >= 4 is 34.4 Å². The molecule has 0 spiro atoms. The summed E-state index contributed by atoms with van der Waals surface area (Å²) < 4.78 is 10.9. The Morgan fingerprint density at radius 3 is 2.11 bits per heavy atom. The fraction of sp³-hybridized carbons (Fsp3) is 0.194. The summed E-state index contributed by atoms with van der Waals surface area (Å²) in [5.41, 5.74) is 4.84. The van der Waals surface area contributed by atoms with Crippen LogP contribution in [0, 0.1) is 10.1 Å². The number of esters is 2. The highest BCUT2D eigenvalue weighted by Crippen LogP contribution is 2.35. The predicted octanol–water partition coefficient (Wildman–Crippen LogP) is 5.04. The molecular formula is C36H32N4O7. The highest BCUT2D eigenvalue weighted by atomic mass is 16.6. The number of nitro benzene ring substituents is 1. The van der Waals surface area contributed by atoms with Crippen LogP contribution in [0.15, 0.2) is 109 Å². The number of amides is 1. The molecule has 1 amide bonds. The van der Waals surface area contributed by atoms with Gasteiger partial charge in [-0.25, -0.2) is 4.79 Å². The highest BCUT2D eigenvalue weighted by molar-refractivity contribution is 5.92. The Hall–Kier alpha value is -5.81. The predicted molar refractivity (Wildman–Crippen MR) is 173 cm³/mol. The molecule has 0 bridgehead atoms. The van der Waals surface area contributed by atoms with Crippen molar-refractivity contribution in [3.63, 3.8) is 0 Å². The van der Waals surface area contributed by atoms with E-state index >= 15 is 0 Å². The van der Waals surface area contributed by atoms with Crippen LogP contribution in [-0.2, 0) is 43.5 Å². The van der Waals surface area contributed by atoms with Gasteiger partial charge in [-0.2, -0.15) is 0 Å². The molecule has 47 heavy (non-hydrogen) atoms. The normalized spacial score (nSPS) is 16.1. The van der Waals surface area contributed by atoms with Gasteiger partial charge in [0.25, 0.3) is 5.69 Å². The van der Waals surface area contributed by atoms with Crippen LogP contribution in [-0.4, -0.2) is 39.8 Å². The molecule has 0 aliphatic carbocycles. The summed E-state index contributed by atoms with van der Waals surface area (Å²) in [4.78, 5) is 54.4. The molecule has 0 saturated heterocycles. The lowest BCUT2D eigenvalue weighted by Crippen LogP contribution is -2.54. The Kier molecular flexibility index (Phi) is 9.35. The Bertz CT molecular complexity index is 1890. The van der Waals surface area contributed by atoms with E-state index in [9.17, 15) is 24.5 Å². The summed E-state index contributed by atoms with van der Waals surface area (Å²) in [6, 6.07) is 29.5. The van der Waals surface area contributed by atoms with Crippen molar-refractivity contribution in [1.82, 2.24) is 15.6 Å². The molecule has 11 nitrogen and oxygen atoms in total. The van der Waals surface area contributed by atoms with Crippen molar-refractivity contribution in [3.05, 3.63) is 147 Å². The smallest absolute Gasteiger partial charge is 0.329 e. The van der Waals surface area contributed by atoms with Crippen molar-refractivity contribution in [2.24, 2.45) is 0 Å². The van der Waals surface area contributed by atoms with E-state index in [4.69, 9.17) is 9.47 Å². The van der Waals surface area contributed by atoms with Gasteiger partial charge in [-0.1, -0.05) is 91.0 Å². The Morgan fingerprint density at radius 1 is 0.830 bits per heavy atom. The molecule has 2 heterocycles. The summed E-state index contributed by atoms with van der Waals surface area (Å²) in [6.07, 6.45) is -0.137. The number of para-hydroxylation sites is 1. The maximum atomic E-state index is 13.9. The van der Waals surface area contributed by atoms with E-state index in [0.717, 1.165) is 33.3 Å². The van der Waals surface area contributed by atoms with Crippen LogP contribution in [0.3, 0.4) is 0 Å². The Labute approximate surface area is 270 Å². The molecule has 6 rings (SSSR count). The number of ether oxygens (including phenoxy) is 2. The third-order valence-electron chi connectivity index (χ3n) is 8.10. The van der Waals surface area contributed by atoms with E-state index in [1.807, 2.05) is 72.8 Å². The number of carbonyl (C=O) groups excluding carboxylic acids is 3. The van der Waals surface area contributed by atoms with E-state index in [1.54, 1.807) is 24.3 Å². The van der Waals surface area contributed by atoms with Gasteiger partial charge in [0.15, 0.2) is 0 Å². The number of H-pyrrole nitrogens is 1. The van der Waals surface area contributed by atoms with Crippen molar-refractivity contribution < 1.29 is 28.8 Å². The number of aromatic nitrogens is 1. The zero-order valence-electron chi connectivity index (χ0n) is 25.3. The number of non-ortho nitro benzene ring substituents is 1. The van der Waals surface area contributed by atoms with Gasteiger partial charge in [-0.05, 0) is 34.7 Å². The number of benzene rings is 4. The number of hydrogen-bond acceptors (Lipinski definition) is 8. The van der Waals surface area contributed by atoms with Gasteiger partial charge in [0.1, 0.15) is 19.3 Å². The minimum atomic E-state index is -1.31. The Balaban J connectivity index is 1.23. The number of nitro groups is 1. The molecule has 0 unspecified atom stereocenters. The lowest BCUT2D eigenvalue weighted by molar-refractivity contribution is -0.384. The summed E-state index contributed by atoms with van der Waals surface area (Å²) in [5.74, 6) is -1.95. The van der Waals surface area contributed by atoms with Crippen LogP contribution < -0.4 is 10.6 Å². The Morgan fingerprint density at radius 2 is 1.45 bits per heavy atom. The van der Waals surface area contributed by atoms with E-state index in [1.165, 1.54) is 12.1 Å². The standard InChI is InChI=1S/C36H32N4O7/c41-32(46-21-23-9-3-1-4-10-23)20-31(36(43)47-22-24-11-5-2-6-12-24)39-35(42)30-19-28-27-13-7-8-14-29(27)37-34(28)33(38-30)25-15-17-26(18-16-25)40(44)45/h1-18,30-31,33,37-38H,19-22H2,(H,39,42)/t30-,31-,33-/m0/s1. The molecule has 0 radical (unpaired) electrons. The molecule has 0 saturated carbocycles. The largest absolute Gasteiger partial charge is 0.461 e. The number of rotatable bonds is 11. The fourth-order valence-corrected chi connectivity index (χ4v) is 5.71.